The van der Waals surface area contributed by atoms with Gasteiger partial charge in [0.1, 0.15) is 17.2 Å². The zero-order valence-corrected chi connectivity index (χ0v) is 14.5. The molecule has 0 bridgehead atoms. The molecule has 1 aliphatic rings. The van der Waals surface area contributed by atoms with Crippen LogP contribution in [0.4, 0.5) is 5.95 Å². The van der Waals surface area contributed by atoms with E-state index in [1.165, 1.54) is 5.56 Å². The summed E-state index contributed by atoms with van der Waals surface area (Å²) in [4.78, 5) is 19.6. The molecule has 0 saturated carbocycles. The molecule has 0 saturated heterocycles. The molecular weight excluding hydrogens is 318 g/mol. The lowest BCUT2D eigenvalue weighted by atomic mass is 10.1. The van der Waals surface area contributed by atoms with E-state index in [2.05, 4.69) is 26.4 Å². The predicted octanol–water partition coefficient (Wildman–Crippen LogP) is 2.29. The van der Waals surface area contributed by atoms with Crippen LogP contribution in [0.5, 0.6) is 5.75 Å². The topological polar surface area (TPSA) is 84.8 Å². The maximum Gasteiger partial charge on any atom is 0.263 e. The third kappa shape index (κ3) is 2.86. The van der Waals surface area contributed by atoms with Crippen molar-refractivity contribution in [2.75, 3.05) is 11.9 Å². The molecule has 1 atom stereocenters. The second-order valence-corrected chi connectivity index (χ2v) is 7.31. The number of rotatable bonds is 3. The highest BCUT2D eigenvalue weighted by atomic mass is 16.5. The number of hydrogen-bond acceptors (Lipinski definition) is 5. The number of aromatic nitrogens is 4. The molecule has 0 spiro atoms. The first-order chi connectivity index (χ1) is 11.9. The number of ether oxygens (including phenoxy) is 1. The quantitative estimate of drug-likeness (QED) is 0.765. The number of nitrogens with zero attached hydrogens (tertiary/aromatic N) is 3. The highest BCUT2D eigenvalue weighted by Gasteiger charge is 2.23. The van der Waals surface area contributed by atoms with E-state index in [4.69, 9.17) is 4.74 Å². The van der Waals surface area contributed by atoms with Crippen LogP contribution >= 0.6 is 0 Å². The van der Waals surface area contributed by atoms with E-state index in [1.807, 2.05) is 39.0 Å². The monoisotopic (exact) mass is 339 g/mol. The van der Waals surface area contributed by atoms with Crippen molar-refractivity contribution in [3.8, 4) is 5.75 Å². The molecule has 0 amide bonds. The minimum Gasteiger partial charge on any atom is -0.488 e. The number of para-hydroxylation sites is 1. The molecule has 0 radical (unpaired) electrons. The maximum atomic E-state index is 12.3. The Labute approximate surface area is 145 Å². The van der Waals surface area contributed by atoms with Gasteiger partial charge in [-0.2, -0.15) is 10.1 Å². The lowest BCUT2D eigenvalue weighted by Crippen LogP contribution is -2.27. The number of nitrogens with one attached hydrogen (secondary N) is 2. The highest BCUT2D eigenvalue weighted by molar-refractivity contribution is 5.74. The maximum absolute atomic E-state index is 12.3. The van der Waals surface area contributed by atoms with Crippen LogP contribution in [0.2, 0.25) is 0 Å². The normalized spacial score (nSPS) is 16.7. The second-order valence-electron chi connectivity index (χ2n) is 7.31. The van der Waals surface area contributed by atoms with Crippen molar-refractivity contribution in [1.29, 1.82) is 0 Å². The minimum atomic E-state index is -0.254. The average molecular weight is 339 g/mol. The van der Waals surface area contributed by atoms with Gasteiger partial charge in [-0.15, -0.1) is 0 Å². The Morgan fingerprint density at radius 2 is 2.16 bits per heavy atom. The van der Waals surface area contributed by atoms with Crippen LogP contribution in [0, 0.1) is 0 Å². The van der Waals surface area contributed by atoms with Gasteiger partial charge >= 0.3 is 0 Å². The first-order valence-corrected chi connectivity index (χ1v) is 8.39. The lowest BCUT2D eigenvalue weighted by molar-refractivity contribution is 0.246. The van der Waals surface area contributed by atoms with Gasteiger partial charge in [-0.25, -0.2) is 4.68 Å². The number of anilines is 1. The van der Waals surface area contributed by atoms with E-state index in [0.717, 1.165) is 12.2 Å². The molecule has 2 N–H and O–H groups in total. The predicted molar refractivity (Wildman–Crippen MR) is 96.2 cm³/mol. The average Bonchev–Trinajstić information content (AvgIpc) is 3.16. The van der Waals surface area contributed by atoms with Crippen molar-refractivity contribution >= 4 is 17.0 Å². The summed E-state index contributed by atoms with van der Waals surface area (Å²) in [5.41, 5.74) is 1.33. The standard InChI is InChI=1S/C18H21N5O2/c1-18(2,3)23-15-13(10-20-23)16(24)22-17(21-15)19-9-12-8-11-6-4-5-7-14(11)25-12/h4-7,10,12H,8-9H2,1-3H3,(H2,19,21,22,24). The molecule has 2 aromatic heterocycles. The summed E-state index contributed by atoms with van der Waals surface area (Å²) in [6, 6.07) is 8.03. The van der Waals surface area contributed by atoms with Gasteiger partial charge < -0.3 is 10.1 Å². The first-order valence-electron chi connectivity index (χ1n) is 8.39. The number of benzene rings is 1. The van der Waals surface area contributed by atoms with Crippen molar-refractivity contribution < 1.29 is 4.74 Å². The zero-order valence-electron chi connectivity index (χ0n) is 14.5. The molecule has 1 aliphatic heterocycles. The molecule has 3 aromatic rings. The van der Waals surface area contributed by atoms with Gasteiger partial charge in [0, 0.05) is 6.42 Å². The molecule has 1 aromatic carbocycles. The fraction of sp³-hybridized carbons (Fsp3) is 0.389. The van der Waals surface area contributed by atoms with Gasteiger partial charge in [0.15, 0.2) is 5.65 Å². The van der Waals surface area contributed by atoms with Gasteiger partial charge in [0.2, 0.25) is 5.95 Å². The Morgan fingerprint density at radius 3 is 2.92 bits per heavy atom. The second kappa shape index (κ2) is 5.61. The van der Waals surface area contributed by atoms with Crippen molar-refractivity contribution in [1.82, 2.24) is 19.7 Å². The molecule has 7 nitrogen and oxygen atoms in total. The van der Waals surface area contributed by atoms with Crippen LogP contribution in [0.3, 0.4) is 0 Å². The summed E-state index contributed by atoms with van der Waals surface area (Å²) in [5.74, 6) is 1.36. The van der Waals surface area contributed by atoms with Gasteiger partial charge in [0.05, 0.1) is 18.3 Å². The van der Waals surface area contributed by atoms with Crippen molar-refractivity contribution in [3.05, 3.63) is 46.4 Å². The van der Waals surface area contributed by atoms with Crippen LogP contribution < -0.4 is 15.6 Å². The van der Waals surface area contributed by atoms with E-state index in [9.17, 15) is 4.79 Å². The fourth-order valence-corrected chi connectivity index (χ4v) is 3.07. The third-order valence-electron chi connectivity index (χ3n) is 4.28. The van der Waals surface area contributed by atoms with E-state index in [-0.39, 0.29) is 17.2 Å². The summed E-state index contributed by atoms with van der Waals surface area (Å²) in [6.07, 6.45) is 2.42. The molecule has 130 valence electrons. The largest absolute Gasteiger partial charge is 0.488 e. The van der Waals surface area contributed by atoms with Gasteiger partial charge in [-0.1, -0.05) is 18.2 Å². The molecular formula is C18H21N5O2. The fourth-order valence-electron chi connectivity index (χ4n) is 3.07. The SMILES string of the molecule is CC(C)(C)n1ncc2c(=O)[nH]c(NCC3Cc4ccccc4O3)nc21. The van der Waals surface area contributed by atoms with Gasteiger partial charge in [-0.3, -0.25) is 9.78 Å². The number of H-pyrrole nitrogens is 1. The molecule has 4 rings (SSSR count). The molecule has 1 unspecified atom stereocenters. The van der Waals surface area contributed by atoms with E-state index < -0.39 is 0 Å². The van der Waals surface area contributed by atoms with Crippen LogP contribution in [-0.2, 0) is 12.0 Å². The van der Waals surface area contributed by atoms with Crippen LogP contribution in [0.1, 0.15) is 26.3 Å². The summed E-state index contributed by atoms with van der Waals surface area (Å²) in [6.45, 7) is 6.64. The Hall–Kier alpha value is -2.83. The molecule has 7 heteroatoms. The van der Waals surface area contributed by atoms with E-state index in [1.54, 1.807) is 10.9 Å². The zero-order chi connectivity index (χ0) is 17.6. The Balaban J connectivity index is 1.55. The number of aromatic amines is 1. The van der Waals surface area contributed by atoms with Crippen LogP contribution in [-0.4, -0.2) is 32.4 Å². The molecule has 3 heterocycles. The Morgan fingerprint density at radius 1 is 1.36 bits per heavy atom. The lowest BCUT2D eigenvalue weighted by Gasteiger charge is -2.20. The summed E-state index contributed by atoms with van der Waals surface area (Å²) in [7, 11) is 0. The first kappa shape index (κ1) is 15.7. The smallest absolute Gasteiger partial charge is 0.263 e. The van der Waals surface area contributed by atoms with Crippen molar-refractivity contribution in [3.63, 3.8) is 0 Å². The number of hydrogen-bond donors (Lipinski definition) is 2. The van der Waals surface area contributed by atoms with Crippen molar-refractivity contribution in [2.24, 2.45) is 0 Å². The van der Waals surface area contributed by atoms with E-state index >= 15 is 0 Å². The Bertz CT molecular complexity index is 958. The molecule has 0 aliphatic carbocycles. The van der Waals surface area contributed by atoms with Crippen molar-refractivity contribution in [2.45, 2.75) is 38.8 Å². The van der Waals surface area contributed by atoms with E-state index in [0.29, 0.717) is 23.5 Å². The summed E-state index contributed by atoms with van der Waals surface area (Å²) in [5, 5.41) is 8.00. The summed E-state index contributed by atoms with van der Waals surface area (Å²) < 4.78 is 7.68. The number of fused-ring (bicyclic) bond motifs is 2. The third-order valence-corrected chi connectivity index (χ3v) is 4.28. The molecule has 25 heavy (non-hydrogen) atoms. The van der Waals surface area contributed by atoms with Crippen LogP contribution in [0.15, 0.2) is 35.3 Å². The van der Waals surface area contributed by atoms with Gasteiger partial charge in [-0.05, 0) is 32.4 Å². The highest BCUT2D eigenvalue weighted by Crippen LogP contribution is 2.28. The van der Waals surface area contributed by atoms with Gasteiger partial charge in [0.25, 0.3) is 5.56 Å². The molecule has 0 fully saturated rings. The summed E-state index contributed by atoms with van der Waals surface area (Å²) >= 11 is 0. The Kier molecular flexibility index (Phi) is 3.52. The minimum absolute atomic E-state index is 0.0194. The van der Waals surface area contributed by atoms with Crippen LogP contribution in [0.25, 0.3) is 11.0 Å².